The monoisotopic (exact) mass is 556 g/mol. The molecule has 38 heavy (non-hydrogen) atoms. The van der Waals surface area contributed by atoms with E-state index in [2.05, 4.69) is 34.7 Å². The first-order valence-electron chi connectivity index (χ1n) is 12.5. The van der Waals surface area contributed by atoms with E-state index in [-0.39, 0.29) is 12.3 Å². The highest BCUT2D eigenvalue weighted by Crippen LogP contribution is 2.39. The maximum Gasteiger partial charge on any atom is 0.407 e. The zero-order chi connectivity index (χ0) is 27.6. The largest absolute Gasteiger partial charge is 0.444 e. The van der Waals surface area contributed by atoms with Crippen LogP contribution in [-0.4, -0.2) is 51.2 Å². The fourth-order valence-electron chi connectivity index (χ4n) is 4.20. The average Bonchev–Trinajstić information content (AvgIpc) is 3.30. The van der Waals surface area contributed by atoms with Gasteiger partial charge in [0.15, 0.2) is 5.82 Å². The number of aliphatic imine (C=N–C) groups is 1. The van der Waals surface area contributed by atoms with Crippen LogP contribution in [0, 0.1) is 20.8 Å². The van der Waals surface area contributed by atoms with Crippen molar-refractivity contribution in [1.82, 2.24) is 25.4 Å². The molecule has 1 aromatic carbocycles. The maximum atomic E-state index is 13.0. The number of alkyl carbamates (subject to hydrolysis) is 1. The number of halogens is 1. The topological polar surface area (TPSA) is 110 Å². The second-order valence-corrected chi connectivity index (χ2v) is 11.9. The van der Waals surface area contributed by atoms with Crippen LogP contribution in [-0.2, 0) is 9.53 Å². The summed E-state index contributed by atoms with van der Waals surface area (Å²) < 4.78 is 7.25. The zero-order valence-corrected chi connectivity index (χ0v) is 24.1. The number of fused-ring (bicyclic) bond motifs is 3. The number of carbonyl (C=O) groups excluding carboxylic acids is 2. The molecule has 0 radical (unpaired) electrons. The second kappa shape index (κ2) is 11.2. The Kier molecular flexibility index (Phi) is 8.22. The van der Waals surface area contributed by atoms with Crippen molar-refractivity contribution in [3.05, 3.63) is 62.5 Å². The first-order chi connectivity index (χ1) is 17.9. The number of benzene rings is 1. The average molecular weight is 557 g/mol. The van der Waals surface area contributed by atoms with Gasteiger partial charge in [-0.25, -0.2) is 4.79 Å². The van der Waals surface area contributed by atoms with E-state index in [9.17, 15) is 9.59 Å². The van der Waals surface area contributed by atoms with Gasteiger partial charge in [0, 0.05) is 34.1 Å². The molecule has 11 heteroatoms. The molecule has 3 heterocycles. The minimum Gasteiger partial charge on any atom is -0.444 e. The molecule has 0 saturated carbocycles. The van der Waals surface area contributed by atoms with Gasteiger partial charge in [0.25, 0.3) is 0 Å². The number of carbonyl (C=O) groups is 2. The van der Waals surface area contributed by atoms with E-state index in [4.69, 9.17) is 21.3 Å². The summed E-state index contributed by atoms with van der Waals surface area (Å²) in [5.74, 6) is 1.22. The summed E-state index contributed by atoms with van der Waals surface area (Å²) in [5, 5.41) is 16.0. The SMILES string of the molecule is Cc1sc2c(c1C)C(c1ccc(Cl)cc1)=N[C@@H](CC(=O)NCCCNC(=O)OC(C)(C)C)c1nnc(C)n1-2. The molecule has 0 bridgehead atoms. The summed E-state index contributed by atoms with van der Waals surface area (Å²) in [4.78, 5) is 31.1. The standard InChI is InChI=1S/C27H33ClN6O3S/c1-15-16(2)38-25-22(15)23(18-8-10-19(28)11-9-18)31-20(24-33-32-17(3)34(24)25)14-21(35)29-12-7-13-30-26(36)37-27(4,5)6/h8-11,20H,7,12-14H2,1-6H3,(H,29,35)(H,30,36)/t20-/m0/s1. The number of thiophene rings is 1. The lowest BCUT2D eigenvalue weighted by atomic mass is 9.99. The highest BCUT2D eigenvalue weighted by atomic mass is 35.5. The summed E-state index contributed by atoms with van der Waals surface area (Å²) in [5.41, 5.74) is 3.34. The smallest absolute Gasteiger partial charge is 0.407 e. The number of amides is 2. The van der Waals surface area contributed by atoms with E-state index >= 15 is 0 Å². The molecular formula is C27H33ClN6O3S. The van der Waals surface area contributed by atoms with Crippen LogP contribution in [0.2, 0.25) is 5.02 Å². The van der Waals surface area contributed by atoms with E-state index in [0.717, 1.165) is 33.2 Å². The molecule has 0 saturated heterocycles. The van der Waals surface area contributed by atoms with Crippen LogP contribution in [0.25, 0.3) is 5.00 Å². The molecule has 1 aliphatic rings. The molecule has 2 N–H and O–H groups in total. The van der Waals surface area contributed by atoms with Gasteiger partial charge in [-0.1, -0.05) is 23.7 Å². The molecule has 0 spiro atoms. The minimum absolute atomic E-state index is 0.113. The Bertz CT molecular complexity index is 1370. The maximum absolute atomic E-state index is 13.0. The van der Waals surface area contributed by atoms with Crippen LogP contribution in [0.1, 0.15) is 72.9 Å². The fraction of sp³-hybridized carbons (Fsp3) is 0.444. The normalized spacial score (nSPS) is 14.7. The van der Waals surface area contributed by atoms with Crippen LogP contribution >= 0.6 is 22.9 Å². The molecule has 0 fully saturated rings. The summed E-state index contributed by atoms with van der Waals surface area (Å²) in [6.07, 6.45) is 0.209. The Labute approximate surface area is 231 Å². The van der Waals surface area contributed by atoms with Gasteiger partial charge < -0.3 is 15.4 Å². The van der Waals surface area contributed by atoms with Gasteiger partial charge in [-0.15, -0.1) is 21.5 Å². The van der Waals surface area contributed by atoms with Gasteiger partial charge in [-0.3, -0.25) is 14.4 Å². The number of aryl methyl sites for hydroxylation is 2. The zero-order valence-electron chi connectivity index (χ0n) is 22.5. The van der Waals surface area contributed by atoms with Crippen LogP contribution < -0.4 is 10.6 Å². The van der Waals surface area contributed by atoms with Gasteiger partial charge in [-0.2, -0.15) is 0 Å². The van der Waals surface area contributed by atoms with Crippen LogP contribution in [0.4, 0.5) is 4.79 Å². The lowest BCUT2D eigenvalue weighted by molar-refractivity contribution is -0.121. The third kappa shape index (κ3) is 6.24. The Hall–Kier alpha value is -3.24. The van der Waals surface area contributed by atoms with Gasteiger partial charge in [0.2, 0.25) is 5.91 Å². The Balaban J connectivity index is 1.53. The highest BCUT2D eigenvalue weighted by molar-refractivity contribution is 7.15. The van der Waals surface area contributed by atoms with Crippen molar-refractivity contribution in [2.24, 2.45) is 4.99 Å². The van der Waals surface area contributed by atoms with E-state index in [1.165, 1.54) is 4.88 Å². The number of hydrogen-bond acceptors (Lipinski definition) is 7. The molecule has 4 rings (SSSR count). The molecule has 0 unspecified atom stereocenters. The van der Waals surface area contributed by atoms with Gasteiger partial charge in [-0.05, 0) is 65.7 Å². The third-order valence-electron chi connectivity index (χ3n) is 6.08. The Morgan fingerprint density at radius 3 is 2.45 bits per heavy atom. The van der Waals surface area contributed by atoms with Crippen molar-refractivity contribution < 1.29 is 14.3 Å². The van der Waals surface area contributed by atoms with E-state index in [1.54, 1.807) is 11.3 Å². The van der Waals surface area contributed by atoms with Crippen molar-refractivity contribution in [3.8, 4) is 5.00 Å². The van der Waals surface area contributed by atoms with Gasteiger partial charge in [0.1, 0.15) is 22.5 Å². The summed E-state index contributed by atoms with van der Waals surface area (Å²) in [6, 6.07) is 7.06. The van der Waals surface area contributed by atoms with Crippen LogP contribution in [0.15, 0.2) is 29.3 Å². The van der Waals surface area contributed by atoms with Crippen molar-refractivity contribution >= 4 is 40.6 Å². The lowest BCUT2D eigenvalue weighted by Crippen LogP contribution is -2.34. The predicted molar refractivity (Wildman–Crippen MR) is 150 cm³/mol. The first kappa shape index (κ1) is 27.8. The Morgan fingerprint density at radius 1 is 1.08 bits per heavy atom. The lowest BCUT2D eigenvalue weighted by Gasteiger charge is -2.19. The quantitative estimate of drug-likeness (QED) is 0.388. The Morgan fingerprint density at radius 2 is 1.76 bits per heavy atom. The van der Waals surface area contributed by atoms with Crippen molar-refractivity contribution in [3.63, 3.8) is 0 Å². The summed E-state index contributed by atoms with van der Waals surface area (Å²) >= 11 is 7.84. The number of nitrogens with one attached hydrogen (secondary N) is 2. The highest BCUT2D eigenvalue weighted by Gasteiger charge is 2.32. The third-order valence-corrected chi connectivity index (χ3v) is 7.52. The molecule has 3 aromatic rings. The molecule has 1 aliphatic heterocycles. The number of nitrogens with zero attached hydrogens (tertiary/aromatic N) is 4. The number of aromatic nitrogens is 3. The molecule has 2 amide bonds. The van der Waals surface area contributed by atoms with E-state index in [1.807, 2.05) is 56.5 Å². The van der Waals surface area contributed by atoms with E-state index in [0.29, 0.717) is 30.4 Å². The molecule has 0 aliphatic carbocycles. The van der Waals surface area contributed by atoms with Crippen molar-refractivity contribution in [2.45, 2.75) is 66.0 Å². The minimum atomic E-state index is -0.554. The number of hydrogen-bond donors (Lipinski definition) is 2. The van der Waals surface area contributed by atoms with Crippen molar-refractivity contribution in [2.75, 3.05) is 13.1 Å². The number of ether oxygens (including phenoxy) is 1. The summed E-state index contributed by atoms with van der Waals surface area (Å²) in [7, 11) is 0. The van der Waals surface area contributed by atoms with E-state index < -0.39 is 17.7 Å². The first-order valence-corrected chi connectivity index (χ1v) is 13.7. The second-order valence-electron chi connectivity index (χ2n) is 10.2. The van der Waals surface area contributed by atoms with Gasteiger partial charge >= 0.3 is 6.09 Å². The molecule has 9 nitrogen and oxygen atoms in total. The van der Waals surface area contributed by atoms with Gasteiger partial charge in [0.05, 0.1) is 12.1 Å². The molecule has 202 valence electrons. The molecule has 1 atom stereocenters. The molecular weight excluding hydrogens is 524 g/mol. The van der Waals surface area contributed by atoms with Crippen LogP contribution in [0.3, 0.4) is 0 Å². The van der Waals surface area contributed by atoms with Crippen LogP contribution in [0.5, 0.6) is 0 Å². The summed E-state index contributed by atoms with van der Waals surface area (Å²) in [6.45, 7) is 12.3. The van der Waals surface area contributed by atoms with Crippen molar-refractivity contribution in [1.29, 1.82) is 0 Å². The predicted octanol–water partition coefficient (Wildman–Crippen LogP) is 5.22. The molecule has 2 aromatic heterocycles. The fourth-order valence-corrected chi connectivity index (χ4v) is 5.54. The number of rotatable bonds is 7.